The molecule has 0 saturated heterocycles. The monoisotopic (exact) mass is 313 g/mol. The van der Waals surface area contributed by atoms with E-state index in [2.05, 4.69) is 15.9 Å². The Bertz CT molecular complexity index is 499. The van der Waals surface area contributed by atoms with Crippen molar-refractivity contribution in [2.45, 2.75) is 9.79 Å². The van der Waals surface area contributed by atoms with E-state index >= 15 is 0 Å². The minimum absolute atomic E-state index is 0.723. The van der Waals surface area contributed by atoms with Crippen LogP contribution >= 0.6 is 39.3 Å². The summed E-state index contributed by atoms with van der Waals surface area (Å²) in [6, 6.07) is 13.7. The normalized spacial score (nSPS) is 10.4. The van der Waals surface area contributed by atoms with Crippen molar-refractivity contribution in [3.63, 3.8) is 0 Å². The highest BCUT2D eigenvalue weighted by molar-refractivity contribution is 9.10. The summed E-state index contributed by atoms with van der Waals surface area (Å²) in [7, 11) is 0. The van der Waals surface area contributed by atoms with Crippen LogP contribution in [0.5, 0.6) is 0 Å². The van der Waals surface area contributed by atoms with Gasteiger partial charge in [0.2, 0.25) is 0 Å². The molecule has 1 nitrogen and oxygen atoms in total. The van der Waals surface area contributed by atoms with Gasteiger partial charge in [0.1, 0.15) is 0 Å². The van der Waals surface area contributed by atoms with Crippen molar-refractivity contribution < 1.29 is 0 Å². The zero-order valence-electron chi connectivity index (χ0n) is 8.28. The summed E-state index contributed by atoms with van der Waals surface area (Å²) in [6.45, 7) is 0. The number of nitrogens with two attached hydrogens (primary N) is 1. The van der Waals surface area contributed by atoms with E-state index in [0.717, 1.165) is 25.0 Å². The first-order valence-electron chi connectivity index (χ1n) is 4.63. The standard InChI is InChI=1S/C12H9BrClNS/c13-11-6-5-10(7-12(11)14)16-9-3-1-8(15)2-4-9/h1-7H,15H2. The Kier molecular flexibility index (Phi) is 3.79. The Morgan fingerprint density at radius 2 is 1.62 bits per heavy atom. The fourth-order valence-corrected chi connectivity index (χ4v) is 2.56. The van der Waals surface area contributed by atoms with Gasteiger partial charge in [-0.25, -0.2) is 0 Å². The first-order chi connectivity index (χ1) is 7.65. The largest absolute Gasteiger partial charge is 0.399 e. The Morgan fingerprint density at radius 1 is 1.00 bits per heavy atom. The molecule has 0 radical (unpaired) electrons. The second-order valence-corrected chi connectivity index (χ2v) is 5.66. The van der Waals surface area contributed by atoms with Gasteiger partial charge in [-0.3, -0.25) is 0 Å². The van der Waals surface area contributed by atoms with Crippen LogP contribution in [0.3, 0.4) is 0 Å². The maximum Gasteiger partial charge on any atom is 0.0559 e. The molecule has 0 aliphatic carbocycles. The van der Waals surface area contributed by atoms with Crippen LogP contribution in [0.4, 0.5) is 5.69 Å². The minimum Gasteiger partial charge on any atom is -0.399 e. The Labute approximate surface area is 112 Å². The molecule has 0 saturated carbocycles. The van der Waals surface area contributed by atoms with Crippen molar-refractivity contribution in [3.05, 3.63) is 52.0 Å². The lowest BCUT2D eigenvalue weighted by Crippen LogP contribution is -1.82. The highest BCUT2D eigenvalue weighted by atomic mass is 79.9. The lowest BCUT2D eigenvalue weighted by molar-refractivity contribution is 1.40. The topological polar surface area (TPSA) is 26.0 Å². The zero-order chi connectivity index (χ0) is 11.5. The van der Waals surface area contributed by atoms with Gasteiger partial charge in [-0.1, -0.05) is 23.4 Å². The Hall–Kier alpha value is -0.640. The molecule has 0 fully saturated rings. The van der Waals surface area contributed by atoms with Crippen LogP contribution in [0, 0.1) is 0 Å². The number of halogens is 2. The van der Waals surface area contributed by atoms with E-state index in [0.29, 0.717) is 0 Å². The van der Waals surface area contributed by atoms with Crippen molar-refractivity contribution in [1.29, 1.82) is 0 Å². The van der Waals surface area contributed by atoms with Crippen molar-refractivity contribution in [2.24, 2.45) is 0 Å². The molecule has 0 aliphatic heterocycles. The van der Waals surface area contributed by atoms with E-state index in [1.807, 2.05) is 42.5 Å². The van der Waals surface area contributed by atoms with Crippen LogP contribution in [0.15, 0.2) is 56.7 Å². The summed E-state index contributed by atoms with van der Waals surface area (Å²) in [6.07, 6.45) is 0. The van der Waals surface area contributed by atoms with Gasteiger partial charge in [-0.15, -0.1) is 0 Å². The second-order valence-electron chi connectivity index (χ2n) is 3.25. The molecule has 2 rings (SSSR count). The number of nitrogen functional groups attached to an aromatic ring is 1. The Balaban J connectivity index is 2.20. The minimum atomic E-state index is 0.723. The number of benzene rings is 2. The molecule has 0 aliphatic rings. The van der Waals surface area contributed by atoms with Crippen LogP contribution < -0.4 is 5.73 Å². The van der Waals surface area contributed by atoms with E-state index in [-0.39, 0.29) is 0 Å². The molecule has 82 valence electrons. The molecule has 2 N–H and O–H groups in total. The third-order valence-corrected chi connectivity index (χ3v) is 4.24. The molecule has 4 heteroatoms. The number of hydrogen-bond acceptors (Lipinski definition) is 2. The van der Waals surface area contributed by atoms with Gasteiger partial charge in [0, 0.05) is 20.0 Å². The maximum atomic E-state index is 6.03. The van der Waals surface area contributed by atoms with E-state index in [9.17, 15) is 0 Å². The molecular weight excluding hydrogens is 306 g/mol. The average molecular weight is 315 g/mol. The predicted molar refractivity (Wildman–Crippen MR) is 74.1 cm³/mol. The zero-order valence-corrected chi connectivity index (χ0v) is 11.4. The summed E-state index contributed by atoms with van der Waals surface area (Å²) < 4.78 is 0.913. The lowest BCUT2D eigenvalue weighted by Gasteiger charge is -2.03. The fourth-order valence-electron chi connectivity index (χ4n) is 1.21. The summed E-state index contributed by atoms with van der Waals surface area (Å²) >= 11 is 11.0. The fraction of sp³-hybridized carbons (Fsp3) is 0. The van der Waals surface area contributed by atoms with Gasteiger partial charge >= 0.3 is 0 Å². The van der Waals surface area contributed by atoms with Crippen molar-refractivity contribution in [3.8, 4) is 0 Å². The molecule has 16 heavy (non-hydrogen) atoms. The average Bonchev–Trinajstić information content (AvgIpc) is 2.27. The van der Waals surface area contributed by atoms with Crippen molar-refractivity contribution >= 4 is 45.0 Å². The van der Waals surface area contributed by atoms with E-state index < -0.39 is 0 Å². The SMILES string of the molecule is Nc1ccc(Sc2ccc(Br)c(Cl)c2)cc1. The third-order valence-electron chi connectivity index (χ3n) is 2.01. The number of anilines is 1. The van der Waals surface area contributed by atoms with Crippen LogP contribution in [0.25, 0.3) is 0 Å². The molecule has 2 aromatic rings. The van der Waals surface area contributed by atoms with Crippen LogP contribution in [0.2, 0.25) is 5.02 Å². The van der Waals surface area contributed by atoms with E-state index in [1.165, 1.54) is 0 Å². The van der Waals surface area contributed by atoms with Gasteiger partial charge in [-0.2, -0.15) is 0 Å². The summed E-state index contributed by atoms with van der Waals surface area (Å²) in [5, 5.41) is 0.723. The third kappa shape index (κ3) is 2.94. The van der Waals surface area contributed by atoms with Gasteiger partial charge < -0.3 is 5.73 Å². The van der Waals surface area contributed by atoms with Crippen LogP contribution in [-0.4, -0.2) is 0 Å². The molecule has 2 aromatic carbocycles. The first-order valence-corrected chi connectivity index (χ1v) is 6.62. The number of hydrogen-bond donors (Lipinski definition) is 1. The van der Waals surface area contributed by atoms with Gasteiger partial charge in [0.25, 0.3) is 0 Å². The quantitative estimate of drug-likeness (QED) is 0.803. The molecule has 0 atom stereocenters. The Morgan fingerprint density at radius 3 is 2.25 bits per heavy atom. The second kappa shape index (κ2) is 5.13. The van der Waals surface area contributed by atoms with Gasteiger partial charge in [-0.05, 0) is 58.4 Å². The van der Waals surface area contributed by atoms with E-state index in [1.54, 1.807) is 11.8 Å². The van der Waals surface area contributed by atoms with Gasteiger partial charge in [0.05, 0.1) is 5.02 Å². The number of rotatable bonds is 2. The molecule has 0 amide bonds. The molecule has 0 spiro atoms. The van der Waals surface area contributed by atoms with Crippen LogP contribution in [-0.2, 0) is 0 Å². The predicted octanol–water partition coefficient (Wildman–Crippen LogP) is 4.84. The summed E-state index contributed by atoms with van der Waals surface area (Å²) in [5.41, 5.74) is 6.40. The van der Waals surface area contributed by atoms with Crippen molar-refractivity contribution in [2.75, 3.05) is 5.73 Å². The smallest absolute Gasteiger partial charge is 0.0559 e. The highest BCUT2D eigenvalue weighted by Crippen LogP contribution is 2.32. The summed E-state index contributed by atoms with van der Waals surface area (Å²) in [4.78, 5) is 2.26. The lowest BCUT2D eigenvalue weighted by atomic mass is 10.3. The molecule has 0 aromatic heterocycles. The van der Waals surface area contributed by atoms with E-state index in [4.69, 9.17) is 17.3 Å². The molecule has 0 unspecified atom stereocenters. The maximum absolute atomic E-state index is 6.03. The summed E-state index contributed by atoms with van der Waals surface area (Å²) in [5.74, 6) is 0. The van der Waals surface area contributed by atoms with Crippen molar-refractivity contribution in [1.82, 2.24) is 0 Å². The van der Waals surface area contributed by atoms with Gasteiger partial charge in [0.15, 0.2) is 0 Å². The van der Waals surface area contributed by atoms with Crippen LogP contribution in [0.1, 0.15) is 0 Å². The molecule has 0 bridgehead atoms. The molecule has 0 heterocycles. The first kappa shape index (κ1) is 11.8. The highest BCUT2D eigenvalue weighted by Gasteiger charge is 2.01. The molecular formula is C12H9BrClNS.